The third-order valence-electron chi connectivity index (χ3n) is 3.90. The van der Waals surface area contributed by atoms with Crippen LogP contribution in [0.4, 0.5) is 10.1 Å². The number of benzene rings is 1. The zero-order valence-electron chi connectivity index (χ0n) is 11.7. The van der Waals surface area contributed by atoms with Crippen LogP contribution in [0.5, 0.6) is 5.75 Å². The summed E-state index contributed by atoms with van der Waals surface area (Å²) in [7, 11) is 1.39. The summed E-state index contributed by atoms with van der Waals surface area (Å²) in [4.78, 5) is 12.6. The van der Waals surface area contributed by atoms with E-state index in [-0.39, 0.29) is 17.5 Å². The predicted molar refractivity (Wildman–Crippen MR) is 75.9 cm³/mol. The van der Waals surface area contributed by atoms with Crippen LogP contribution in [0.3, 0.4) is 0 Å². The molecule has 6 nitrogen and oxygen atoms in total. The number of oxime groups is 1. The van der Waals surface area contributed by atoms with E-state index in [1.165, 1.54) is 25.3 Å². The highest BCUT2D eigenvalue weighted by Gasteiger charge is 2.45. The second-order valence-electron chi connectivity index (χ2n) is 5.07. The monoisotopic (exact) mass is 295 g/mol. The van der Waals surface area contributed by atoms with Crippen molar-refractivity contribution in [2.24, 2.45) is 16.3 Å². The Morgan fingerprint density at radius 1 is 1.48 bits per heavy atom. The number of nitrogens with two attached hydrogens (primary N) is 1. The number of methoxy groups -OCH3 is 1. The van der Waals surface area contributed by atoms with E-state index in [0.29, 0.717) is 18.5 Å². The molecule has 0 aliphatic heterocycles. The number of amides is 1. The minimum absolute atomic E-state index is 0.0985. The Hall–Kier alpha value is -2.31. The smallest absolute Gasteiger partial charge is 0.238 e. The van der Waals surface area contributed by atoms with Crippen LogP contribution in [-0.4, -0.2) is 24.1 Å². The summed E-state index contributed by atoms with van der Waals surface area (Å²) in [5.74, 6) is -0.716. The van der Waals surface area contributed by atoms with E-state index in [1.807, 2.05) is 0 Å². The molecule has 1 saturated carbocycles. The molecule has 4 N–H and O–H groups in total. The largest absolute Gasteiger partial charge is 0.494 e. The fraction of sp³-hybridized carbons (Fsp3) is 0.429. The van der Waals surface area contributed by atoms with E-state index >= 15 is 0 Å². The highest BCUT2D eigenvalue weighted by atomic mass is 19.1. The van der Waals surface area contributed by atoms with Crippen molar-refractivity contribution in [1.29, 1.82) is 0 Å². The van der Waals surface area contributed by atoms with E-state index < -0.39 is 11.2 Å². The van der Waals surface area contributed by atoms with Crippen LogP contribution in [-0.2, 0) is 4.79 Å². The molecule has 0 spiro atoms. The van der Waals surface area contributed by atoms with Gasteiger partial charge in [-0.2, -0.15) is 0 Å². The predicted octanol–water partition coefficient (Wildman–Crippen LogP) is 2.08. The van der Waals surface area contributed by atoms with Crippen molar-refractivity contribution in [3.05, 3.63) is 24.0 Å². The van der Waals surface area contributed by atoms with Crippen molar-refractivity contribution >= 4 is 17.4 Å². The van der Waals surface area contributed by atoms with Gasteiger partial charge in [0.1, 0.15) is 17.0 Å². The average Bonchev–Trinajstić information content (AvgIpc) is 2.99. The normalized spacial score (nSPS) is 17.5. The van der Waals surface area contributed by atoms with Crippen LogP contribution >= 0.6 is 0 Å². The van der Waals surface area contributed by atoms with Gasteiger partial charge in [-0.3, -0.25) is 4.79 Å². The van der Waals surface area contributed by atoms with Crippen molar-refractivity contribution in [3.8, 4) is 5.75 Å². The van der Waals surface area contributed by atoms with Crippen molar-refractivity contribution in [1.82, 2.24) is 0 Å². The van der Waals surface area contributed by atoms with Gasteiger partial charge in [-0.1, -0.05) is 18.0 Å². The van der Waals surface area contributed by atoms with Crippen LogP contribution in [0, 0.1) is 11.2 Å². The van der Waals surface area contributed by atoms with Gasteiger partial charge in [0.2, 0.25) is 5.91 Å². The lowest BCUT2D eigenvalue weighted by Gasteiger charge is -2.26. The van der Waals surface area contributed by atoms with Gasteiger partial charge in [0.15, 0.2) is 5.84 Å². The van der Waals surface area contributed by atoms with Crippen LogP contribution in [0.25, 0.3) is 0 Å². The third-order valence-corrected chi connectivity index (χ3v) is 3.90. The van der Waals surface area contributed by atoms with Gasteiger partial charge >= 0.3 is 0 Å². The summed E-state index contributed by atoms with van der Waals surface area (Å²) < 4.78 is 18.2. The van der Waals surface area contributed by atoms with Gasteiger partial charge in [0.25, 0.3) is 0 Å². The van der Waals surface area contributed by atoms with E-state index in [1.54, 1.807) is 0 Å². The number of ether oxygens (including phenoxy) is 1. The lowest BCUT2D eigenvalue weighted by Crippen LogP contribution is -2.45. The number of amidine groups is 1. The number of hydrogen-bond donors (Lipinski definition) is 3. The molecule has 0 aromatic heterocycles. The Bertz CT molecular complexity index is 569. The molecule has 1 aliphatic carbocycles. The molecular weight excluding hydrogens is 277 g/mol. The maximum Gasteiger partial charge on any atom is 0.238 e. The second kappa shape index (κ2) is 5.99. The second-order valence-corrected chi connectivity index (χ2v) is 5.07. The lowest BCUT2D eigenvalue weighted by molar-refractivity contribution is -0.122. The molecule has 0 unspecified atom stereocenters. The van der Waals surface area contributed by atoms with Crippen LogP contribution in [0.15, 0.2) is 23.4 Å². The molecule has 114 valence electrons. The van der Waals surface area contributed by atoms with Crippen molar-refractivity contribution in [2.45, 2.75) is 25.7 Å². The molecule has 2 rings (SSSR count). The molecule has 7 heteroatoms. The van der Waals surface area contributed by atoms with Gasteiger partial charge in [-0.05, 0) is 25.0 Å². The SMILES string of the molecule is COc1cc(F)ccc1NC(=O)C1(C(N)=NO)CCCC1. The molecular formula is C14H18FN3O3. The van der Waals surface area contributed by atoms with Crippen molar-refractivity contribution in [2.75, 3.05) is 12.4 Å². The maximum atomic E-state index is 13.2. The van der Waals surface area contributed by atoms with E-state index in [4.69, 9.17) is 15.7 Å². The number of nitrogens with one attached hydrogen (secondary N) is 1. The molecule has 1 aromatic carbocycles. The molecule has 1 amide bonds. The first-order valence-electron chi connectivity index (χ1n) is 6.66. The van der Waals surface area contributed by atoms with Gasteiger partial charge in [-0.25, -0.2) is 4.39 Å². The number of hydrogen-bond acceptors (Lipinski definition) is 4. The van der Waals surface area contributed by atoms with Gasteiger partial charge in [-0.15, -0.1) is 0 Å². The summed E-state index contributed by atoms with van der Waals surface area (Å²) in [6, 6.07) is 3.82. The Balaban J connectivity index is 2.28. The fourth-order valence-electron chi connectivity index (χ4n) is 2.68. The van der Waals surface area contributed by atoms with Crippen LogP contribution in [0.2, 0.25) is 0 Å². The number of nitrogens with zero attached hydrogens (tertiary/aromatic N) is 1. The Labute approximate surface area is 121 Å². The molecule has 1 aromatic rings. The summed E-state index contributed by atoms with van der Waals surface area (Å²) in [6.07, 6.45) is 2.67. The lowest BCUT2D eigenvalue weighted by atomic mass is 9.83. The Kier molecular flexibility index (Phi) is 4.30. The first kappa shape index (κ1) is 15.1. The quantitative estimate of drug-likeness (QED) is 0.343. The minimum Gasteiger partial charge on any atom is -0.494 e. The van der Waals surface area contributed by atoms with Gasteiger partial charge < -0.3 is 21.0 Å². The highest BCUT2D eigenvalue weighted by Crippen LogP contribution is 2.40. The molecule has 0 saturated heterocycles. The average molecular weight is 295 g/mol. The number of carbonyl (C=O) groups is 1. The fourth-order valence-corrected chi connectivity index (χ4v) is 2.68. The van der Waals surface area contributed by atoms with Gasteiger partial charge in [0.05, 0.1) is 12.8 Å². The third kappa shape index (κ3) is 2.76. The number of carbonyl (C=O) groups excluding carboxylic acids is 1. The maximum absolute atomic E-state index is 13.2. The van der Waals surface area contributed by atoms with Crippen LogP contribution < -0.4 is 15.8 Å². The summed E-state index contributed by atoms with van der Waals surface area (Å²) >= 11 is 0. The minimum atomic E-state index is -1.02. The van der Waals surface area contributed by atoms with Crippen LogP contribution in [0.1, 0.15) is 25.7 Å². The molecule has 1 aliphatic rings. The number of rotatable bonds is 4. The van der Waals surface area contributed by atoms with E-state index in [9.17, 15) is 9.18 Å². The first-order valence-corrected chi connectivity index (χ1v) is 6.66. The first-order chi connectivity index (χ1) is 10.0. The Morgan fingerprint density at radius 3 is 2.71 bits per heavy atom. The zero-order valence-corrected chi connectivity index (χ0v) is 11.7. The van der Waals surface area contributed by atoms with Gasteiger partial charge in [0, 0.05) is 6.07 Å². The molecule has 0 atom stereocenters. The topological polar surface area (TPSA) is 96.9 Å². The highest BCUT2D eigenvalue weighted by molar-refractivity contribution is 6.12. The summed E-state index contributed by atoms with van der Waals surface area (Å²) in [5, 5.41) is 14.6. The summed E-state index contributed by atoms with van der Waals surface area (Å²) in [6.45, 7) is 0. The van der Waals surface area contributed by atoms with E-state index in [2.05, 4.69) is 10.5 Å². The molecule has 0 heterocycles. The molecule has 0 bridgehead atoms. The van der Waals surface area contributed by atoms with Crippen molar-refractivity contribution in [3.63, 3.8) is 0 Å². The molecule has 0 radical (unpaired) electrons. The standard InChI is InChI=1S/C14H18FN3O3/c1-21-11-8-9(15)4-5-10(11)17-13(19)14(12(16)18-20)6-2-3-7-14/h4-5,8,20H,2-3,6-7H2,1H3,(H2,16,18)(H,17,19). The molecule has 21 heavy (non-hydrogen) atoms. The number of halogens is 1. The molecule has 1 fully saturated rings. The summed E-state index contributed by atoms with van der Waals surface area (Å²) in [5.41, 5.74) is 5.04. The van der Waals surface area contributed by atoms with E-state index in [0.717, 1.165) is 12.8 Å². The number of anilines is 1. The Morgan fingerprint density at radius 2 is 2.14 bits per heavy atom. The zero-order chi connectivity index (χ0) is 15.5. The van der Waals surface area contributed by atoms with Crippen molar-refractivity contribution < 1.29 is 19.1 Å².